The van der Waals surface area contributed by atoms with Gasteiger partial charge in [0.25, 0.3) is 11.5 Å². The van der Waals surface area contributed by atoms with Gasteiger partial charge in [-0.15, -0.1) is 0 Å². The van der Waals surface area contributed by atoms with Crippen LogP contribution in [0.2, 0.25) is 0 Å². The van der Waals surface area contributed by atoms with Crippen LogP contribution in [-0.2, 0) is 16.6 Å². The number of nitrogens with one attached hydrogen (secondary N) is 1. The number of carbonyl (C=O) groups excluding carboxylic acids is 2. The number of aromatic nitrogens is 2. The maximum absolute atomic E-state index is 12.6. The molecule has 7 heteroatoms. The molecule has 1 aliphatic rings. The molecule has 1 amide bonds. The Morgan fingerprint density at radius 3 is 2.59 bits per heavy atom. The summed E-state index contributed by atoms with van der Waals surface area (Å²) in [6.07, 6.45) is 3.37. The minimum atomic E-state index is -0.940. The number of ether oxygens (including phenoxy) is 1. The van der Waals surface area contributed by atoms with Gasteiger partial charge in [0.05, 0.1) is 5.39 Å². The zero-order chi connectivity index (χ0) is 19.6. The summed E-state index contributed by atoms with van der Waals surface area (Å²) >= 11 is 0. The molecule has 0 spiro atoms. The van der Waals surface area contributed by atoms with E-state index in [1.165, 1.54) is 13.5 Å². The molecular formula is C20H25N3O4. The van der Waals surface area contributed by atoms with Crippen molar-refractivity contribution in [2.24, 2.45) is 13.0 Å². The number of aryl methyl sites for hydroxylation is 1. The summed E-state index contributed by atoms with van der Waals surface area (Å²) in [4.78, 5) is 37.2. The van der Waals surface area contributed by atoms with Crippen LogP contribution in [0.15, 0.2) is 29.1 Å². The number of hydrogen-bond acceptors (Lipinski definition) is 5. The second-order valence-corrected chi connectivity index (χ2v) is 7.25. The summed E-state index contributed by atoms with van der Waals surface area (Å²) in [5.74, 6) is -0.614. The van der Waals surface area contributed by atoms with Crippen molar-refractivity contribution in [2.75, 3.05) is 0 Å². The molecule has 0 saturated heterocycles. The minimum Gasteiger partial charge on any atom is -0.448 e. The number of esters is 1. The molecule has 27 heavy (non-hydrogen) atoms. The van der Waals surface area contributed by atoms with Gasteiger partial charge in [0.15, 0.2) is 11.8 Å². The highest BCUT2D eigenvalue weighted by atomic mass is 16.5. The molecule has 1 heterocycles. The predicted octanol–water partition coefficient (Wildman–Crippen LogP) is 2.17. The first-order chi connectivity index (χ1) is 12.9. The molecule has 1 aliphatic carbocycles. The number of amides is 1. The maximum Gasteiger partial charge on any atom is 0.360 e. The predicted molar refractivity (Wildman–Crippen MR) is 101 cm³/mol. The Morgan fingerprint density at radius 1 is 1.22 bits per heavy atom. The molecule has 1 aromatic carbocycles. The van der Waals surface area contributed by atoms with Crippen LogP contribution in [0, 0.1) is 5.92 Å². The van der Waals surface area contributed by atoms with Gasteiger partial charge in [-0.1, -0.05) is 38.0 Å². The third-order valence-electron chi connectivity index (χ3n) is 5.24. The summed E-state index contributed by atoms with van der Waals surface area (Å²) in [6, 6.07) is 6.84. The molecule has 2 aromatic rings. The van der Waals surface area contributed by atoms with Crippen LogP contribution in [0.4, 0.5) is 0 Å². The molecule has 3 atom stereocenters. The van der Waals surface area contributed by atoms with E-state index >= 15 is 0 Å². The number of benzene rings is 1. The first-order valence-corrected chi connectivity index (χ1v) is 9.36. The van der Waals surface area contributed by atoms with Crippen LogP contribution in [0.5, 0.6) is 0 Å². The fourth-order valence-electron chi connectivity index (χ4n) is 3.55. The van der Waals surface area contributed by atoms with Crippen molar-refractivity contribution >= 4 is 22.6 Å². The molecule has 0 unspecified atom stereocenters. The van der Waals surface area contributed by atoms with E-state index in [2.05, 4.69) is 17.3 Å². The first kappa shape index (κ1) is 19.1. The monoisotopic (exact) mass is 371 g/mol. The van der Waals surface area contributed by atoms with Crippen molar-refractivity contribution in [3.05, 3.63) is 40.3 Å². The topological polar surface area (TPSA) is 90.3 Å². The van der Waals surface area contributed by atoms with Crippen molar-refractivity contribution in [1.82, 2.24) is 15.1 Å². The summed E-state index contributed by atoms with van der Waals surface area (Å²) in [5, 5.41) is 7.83. The van der Waals surface area contributed by atoms with Crippen molar-refractivity contribution in [1.29, 1.82) is 0 Å². The summed E-state index contributed by atoms with van der Waals surface area (Å²) in [6.45, 7) is 3.67. The van der Waals surface area contributed by atoms with E-state index in [0.717, 1.165) is 23.9 Å². The smallest absolute Gasteiger partial charge is 0.360 e. The van der Waals surface area contributed by atoms with Crippen LogP contribution in [0.25, 0.3) is 10.8 Å². The van der Waals surface area contributed by atoms with E-state index in [9.17, 15) is 14.4 Å². The fraction of sp³-hybridized carbons (Fsp3) is 0.500. The lowest BCUT2D eigenvalue weighted by atomic mass is 9.86. The molecular weight excluding hydrogens is 346 g/mol. The van der Waals surface area contributed by atoms with Gasteiger partial charge < -0.3 is 10.1 Å². The Bertz CT molecular complexity index is 921. The standard InChI is InChI=1S/C20H25N3O4/c1-12-8-4-7-11-16(12)21-18(24)13(2)27-20(26)17-14-9-5-6-10-15(14)19(25)23(3)22-17/h5-6,9-10,12-13,16H,4,7-8,11H2,1-3H3,(H,21,24)/t12-,13+,16-/m1/s1. The van der Waals surface area contributed by atoms with E-state index in [4.69, 9.17) is 4.74 Å². The van der Waals surface area contributed by atoms with E-state index < -0.39 is 12.1 Å². The summed E-state index contributed by atoms with van der Waals surface area (Å²) in [7, 11) is 1.48. The largest absolute Gasteiger partial charge is 0.448 e. The van der Waals surface area contributed by atoms with E-state index in [1.807, 2.05) is 0 Å². The Balaban J connectivity index is 1.75. The average Bonchev–Trinajstić information content (AvgIpc) is 2.66. The van der Waals surface area contributed by atoms with Gasteiger partial charge in [0.2, 0.25) is 0 Å². The van der Waals surface area contributed by atoms with Gasteiger partial charge in [-0.3, -0.25) is 9.59 Å². The highest BCUT2D eigenvalue weighted by Gasteiger charge is 2.27. The van der Waals surface area contributed by atoms with Gasteiger partial charge >= 0.3 is 5.97 Å². The SMILES string of the molecule is C[C@H](OC(=O)c1nn(C)c(=O)c2ccccc12)C(=O)N[C@@H]1CCCC[C@H]1C. The second kappa shape index (κ2) is 7.90. The lowest BCUT2D eigenvalue weighted by Gasteiger charge is -2.30. The third-order valence-corrected chi connectivity index (χ3v) is 5.24. The lowest BCUT2D eigenvalue weighted by molar-refractivity contribution is -0.130. The summed E-state index contributed by atoms with van der Waals surface area (Å²) in [5.41, 5.74) is -0.266. The Morgan fingerprint density at radius 2 is 1.89 bits per heavy atom. The van der Waals surface area contributed by atoms with Crippen molar-refractivity contribution in [3.8, 4) is 0 Å². The van der Waals surface area contributed by atoms with E-state index in [-0.39, 0.29) is 23.2 Å². The Kier molecular flexibility index (Phi) is 5.58. The minimum absolute atomic E-state index is 0.0263. The van der Waals surface area contributed by atoms with Crippen LogP contribution >= 0.6 is 0 Å². The second-order valence-electron chi connectivity index (χ2n) is 7.25. The lowest BCUT2D eigenvalue weighted by Crippen LogP contribution is -2.46. The number of fused-ring (bicyclic) bond motifs is 1. The number of carbonyl (C=O) groups is 2. The number of rotatable bonds is 4. The highest BCUT2D eigenvalue weighted by molar-refractivity contribution is 6.02. The van der Waals surface area contributed by atoms with E-state index in [0.29, 0.717) is 16.7 Å². The molecule has 1 N–H and O–H groups in total. The van der Waals surface area contributed by atoms with Gasteiger partial charge in [-0.05, 0) is 31.7 Å². The quantitative estimate of drug-likeness (QED) is 0.832. The molecule has 3 rings (SSSR count). The molecule has 144 valence electrons. The molecule has 0 bridgehead atoms. The molecule has 1 fully saturated rings. The zero-order valence-corrected chi connectivity index (χ0v) is 15.9. The third kappa shape index (κ3) is 4.02. The molecule has 1 aromatic heterocycles. The molecule has 7 nitrogen and oxygen atoms in total. The average molecular weight is 371 g/mol. The van der Waals surface area contributed by atoms with Crippen LogP contribution in [-0.4, -0.2) is 33.8 Å². The molecule has 0 radical (unpaired) electrons. The first-order valence-electron chi connectivity index (χ1n) is 9.36. The van der Waals surface area contributed by atoms with Crippen molar-refractivity contribution in [2.45, 2.75) is 51.7 Å². The molecule has 0 aliphatic heterocycles. The highest BCUT2D eigenvalue weighted by Crippen LogP contribution is 2.24. The van der Waals surface area contributed by atoms with Crippen molar-refractivity contribution < 1.29 is 14.3 Å². The zero-order valence-electron chi connectivity index (χ0n) is 15.9. The van der Waals surface area contributed by atoms with Gasteiger partial charge in [-0.25, -0.2) is 9.48 Å². The molecule has 1 saturated carbocycles. The maximum atomic E-state index is 12.6. The van der Waals surface area contributed by atoms with E-state index in [1.54, 1.807) is 31.2 Å². The number of nitrogens with zero attached hydrogens (tertiary/aromatic N) is 2. The van der Waals surface area contributed by atoms with Crippen molar-refractivity contribution in [3.63, 3.8) is 0 Å². The van der Waals surface area contributed by atoms with Crippen LogP contribution in [0.1, 0.15) is 50.0 Å². The van der Waals surface area contributed by atoms with Crippen LogP contribution < -0.4 is 10.9 Å². The fourth-order valence-corrected chi connectivity index (χ4v) is 3.55. The van der Waals surface area contributed by atoms with Crippen LogP contribution in [0.3, 0.4) is 0 Å². The number of hydrogen-bond donors (Lipinski definition) is 1. The van der Waals surface area contributed by atoms with Gasteiger partial charge in [0.1, 0.15) is 0 Å². The normalized spacial score (nSPS) is 20.9. The Hall–Kier alpha value is -2.70. The van der Waals surface area contributed by atoms with Gasteiger partial charge in [-0.2, -0.15) is 5.10 Å². The summed E-state index contributed by atoms with van der Waals surface area (Å²) < 4.78 is 6.45. The Labute approximate surface area is 157 Å². The van der Waals surface area contributed by atoms with Gasteiger partial charge in [0, 0.05) is 18.5 Å².